The normalized spacial score (nSPS) is 9.86. The van der Waals surface area contributed by atoms with Gasteiger partial charge in [-0.05, 0) is 13.0 Å². The van der Waals surface area contributed by atoms with E-state index in [-0.39, 0.29) is 11.1 Å². The average molecular weight is 198 g/mol. The largest absolute Gasteiger partial charge is 0.545 e. The van der Waals surface area contributed by atoms with Gasteiger partial charge in [0, 0.05) is 17.2 Å². The van der Waals surface area contributed by atoms with Crippen LogP contribution in [0.5, 0.6) is 0 Å². The van der Waals surface area contributed by atoms with Gasteiger partial charge in [-0.3, -0.25) is 10.1 Å². The number of halogens is 1. The van der Waals surface area contributed by atoms with Crippen LogP contribution in [-0.2, 0) is 0 Å². The highest BCUT2D eigenvalue weighted by molar-refractivity contribution is 5.88. The summed E-state index contributed by atoms with van der Waals surface area (Å²) in [4.78, 5) is 19.7. The Kier molecular flexibility index (Phi) is 2.46. The molecule has 0 heterocycles. The van der Waals surface area contributed by atoms with Gasteiger partial charge in [0.15, 0.2) is 0 Å². The van der Waals surface area contributed by atoms with Crippen LogP contribution in [0.4, 0.5) is 10.1 Å². The van der Waals surface area contributed by atoms with E-state index in [2.05, 4.69) is 0 Å². The summed E-state index contributed by atoms with van der Waals surface area (Å²) in [5, 5.41) is 20.7. The van der Waals surface area contributed by atoms with Crippen LogP contribution in [0.2, 0.25) is 0 Å². The smallest absolute Gasteiger partial charge is 0.305 e. The van der Waals surface area contributed by atoms with Gasteiger partial charge in [-0.1, -0.05) is 0 Å². The Morgan fingerprint density at radius 2 is 2.07 bits per heavy atom. The molecule has 5 nitrogen and oxygen atoms in total. The second-order valence-corrected chi connectivity index (χ2v) is 2.62. The zero-order valence-electron chi connectivity index (χ0n) is 7.11. The van der Waals surface area contributed by atoms with Gasteiger partial charge in [-0.2, -0.15) is 4.39 Å². The Hall–Kier alpha value is -1.98. The molecule has 14 heavy (non-hydrogen) atoms. The lowest BCUT2D eigenvalue weighted by molar-refractivity contribution is -0.387. The summed E-state index contributed by atoms with van der Waals surface area (Å²) in [6.07, 6.45) is 0. The lowest BCUT2D eigenvalue weighted by atomic mass is 10.1. The van der Waals surface area contributed by atoms with E-state index in [1.54, 1.807) is 0 Å². The first-order valence-electron chi connectivity index (χ1n) is 3.60. The fourth-order valence-corrected chi connectivity index (χ4v) is 1.03. The molecular weight excluding hydrogens is 193 g/mol. The van der Waals surface area contributed by atoms with Gasteiger partial charge in [-0.15, -0.1) is 0 Å². The molecule has 0 atom stereocenters. The summed E-state index contributed by atoms with van der Waals surface area (Å²) in [6, 6.07) is 1.75. The molecule has 1 aromatic carbocycles. The Bertz CT molecular complexity index is 377. The van der Waals surface area contributed by atoms with Gasteiger partial charge < -0.3 is 9.90 Å². The quantitative estimate of drug-likeness (QED) is 0.508. The monoisotopic (exact) mass is 198 g/mol. The molecule has 0 fully saturated rings. The molecular formula is C8H5FNO4-. The van der Waals surface area contributed by atoms with E-state index >= 15 is 0 Å². The number of carbonyl (C=O) groups is 1. The molecule has 0 saturated carbocycles. The van der Waals surface area contributed by atoms with Crippen LogP contribution in [0.1, 0.15) is 15.9 Å². The lowest BCUT2D eigenvalue weighted by Gasteiger charge is -2.06. The van der Waals surface area contributed by atoms with Crippen molar-refractivity contribution in [1.82, 2.24) is 0 Å². The van der Waals surface area contributed by atoms with E-state index in [0.29, 0.717) is 0 Å². The third kappa shape index (κ3) is 1.54. The standard InChI is InChI=1S/C8H6FNO4/c1-4-5(8(11)12)2-3-6(7(4)9)10(13)14/h2-3H,1H3,(H,11,12)/p-1. The second kappa shape index (κ2) is 3.41. The van der Waals surface area contributed by atoms with Crippen molar-refractivity contribution in [3.05, 3.63) is 39.2 Å². The molecule has 0 bridgehead atoms. The number of nitro groups is 1. The topological polar surface area (TPSA) is 83.3 Å². The summed E-state index contributed by atoms with van der Waals surface area (Å²) in [6.45, 7) is 1.15. The molecule has 0 aliphatic carbocycles. The number of carboxylic acid groups (broad SMARTS) is 1. The number of nitrogens with zero attached hydrogens (tertiary/aromatic N) is 1. The predicted molar refractivity (Wildman–Crippen MR) is 42.1 cm³/mol. The summed E-state index contributed by atoms with van der Waals surface area (Å²) in [7, 11) is 0. The molecule has 0 saturated heterocycles. The van der Waals surface area contributed by atoms with E-state index < -0.39 is 22.4 Å². The number of nitro benzene ring substituents is 1. The number of rotatable bonds is 2. The minimum Gasteiger partial charge on any atom is -0.545 e. The maximum absolute atomic E-state index is 13.1. The van der Waals surface area contributed by atoms with Gasteiger partial charge in [-0.25, -0.2) is 0 Å². The van der Waals surface area contributed by atoms with Crippen molar-refractivity contribution in [2.75, 3.05) is 0 Å². The van der Waals surface area contributed by atoms with Crippen molar-refractivity contribution in [1.29, 1.82) is 0 Å². The fourth-order valence-electron chi connectivity index (χ4n) is 1.03. The van der Waals surface area contributed by atoms with E-state index in [0.717, 1.165) is 19.1 Å². The highest BCUT2D eigenvalue weighted by Gasteiger charge is 2.18. The lowest BCUT2D eigenvalue weighted by Crippen LogP contribution is -2.23. The Balaban J connectivity index is 3.41. The van der Waals surface area contributed by atoms with Crippen molar-refractivity contribution in [2.24, 2.45) is 0 Å². The van der Waals surface area contributed by atoms with Gasteiger partial charge in [0.1, 0.15) is 0 Å². The number of carbonyl (C=O) groups excluding carboxylic acids is 1. The maximum atomic E-state index is 13.1. The zero-order chi connectivity index (χ0) is 10.9. The Morgan fingerprint density at radius 1 is 1.50 bits per heavy atom. The number of hydrogen-bond acceptors (Lipinski definition) is 4. The maximum Gasteiger partial charge on any atom is 0.305 e. The average Bonchev–Trinajstić information content (AvgIpc) is 2.08. The SMILES string of the molecule is Cc1c(C(=O)[O-])ccc([N+](=O)[O-])c1F. The molecule has 1 rings (SSSR count). The molecule has 0 aromatic heterocycles. The Labute approximate surface area is 77.9 Å². The first kappa shape index (κ1) is 10.1. The van der Waals surface area contributed by atoms with Crippen molar-refractivity contribution < 1.29 is 19.2 Å². The third-order valence-corrected chi connectivity index (χ3v) is 1.78. The fraction of sp³-hybridized carbons (Fsp3) is 0.125. The van der Waals surface area contributed by atoms with Crippen LogP contribution in [0.15, 0.2) is 12.1 Å². The minimum atomic E-state index is -1.56. The van der Waals surface area contributed by atoms with Crippen molar-refractivity contribution in [3.63, 3.8) is 0 Å². The molecule has 0 aliphatic heterocycles. The van der Waals surface area contributed by atoms with Gasteiger partial charge >= 0.3 is 5.69 Å². The molecule has 0 aliphatic rings. The highest BCUT2D eigenvalue weighted by Crippen LogP contribution is 2.22. The van der Waals surface area contributed by atoms with Gasteiger partial charge in [0.2, 0.25) is 5.82 Å². The zero-order valence-corrected chi connectivity index (χ0v) is 7.11. The summed E-state index contributed by atoms with van der Waals surface area (Å²) >= 11 is 0. The summed E-state index contributed by atoms with van der Waals surface area (Å²) in [5.41, 5.74) is -1.42. The number of carboxylic acids is 1. The molecule has 0 unspecified atom stereocenters. The molecule has 6 heteroatoms. The highest BCUT2D eigenvalue weighted by atomic mass is 19.1. The molecule has 74 valence electrons. The van der Waals surface area contributed by atoms with Crippen LogP contribution in [-0.4, -0.2) is 10.9 Å². The predicted octanol–water partition coefficient (Wildman–Crippen LogP) is 0.406. The van der Waals surface area contributed by atoms with E-state index in [9.17, 15) is 24.4 Å². The summed E-state index contributed by atoms with van der Waals surface area (Å²) < 4.78 is 13.1. The van der Waals surface area contributed by atoms with E-state index in [1.807, 2.05) is 0 Å². The second-order valence-electron chi connectivity index (χ2n) is 2.62. The number of benzene rings is 1. The van der Waals surface area contributed by atoms with Crippen molar-refractivity contribution in [3.8, 4) is 0 Å². The van der Waals surface area contributed by atoms with Crippen LogP contribution in [0.25, 0.3) is 0 Å². The van der Waals surface area contributed by atoms with Gasteiger partial charge in [0.05, 0.1) is 10.9 Å². The van der Waals surface area contributed by atoms with Crippen LogP contribution < -0.4 is 5.11 Å². The van der Waals surface area contributed by atoms with E-state index in [4.69, 9.17) is 0 Å². The van der Waals surface area contributed by atoms with Crippen molar-refractivity contribution in [2.45, 2.75) is 6.92 Å². The molecule has 0 radical (unpaired) electrons. The van der Waals surface area contributed by atoms with Crippen LogP contribution in [0.3, 0.4) is 0 Å². The minimum absolute atomic E-state index is 0.292. The van der Waals surface area contributed by atoms with Crippen LogP contribution in [0, 0.1) is 22.9 Å². The Morgan fingerprint density at radius 3 is 2.50 bits per heavy atom. The van der Waals surface area contributed by atoms with Crippen molar-refractivity contribution >= 4 is 11.7 Å². The van der Waals surface area contributed by atoms with Crippen LogP contribution >= 0.6 is 0 Å². The first-order chi connectivity index (χ1) is 6.45. The molecule has 0 amide bonds. The van der Waals surface area contributed by atoms with Gasteiger partial charge in [0.25, 0.3) is 0 Å². The molecule has 0 spiro atoms. The van der Waals surface area contributed by atoms with E-state index in [1.165, 1.54) is 0 Å². The first-order valence-corrected chi connectivity index (χ1v) is 3.60. The number of aromatic carboxylic acids is 1. The third-order valence-electron chi connectivity index (χ3n) is 1.78. The number of hydrogen-bond donors (Lipinski definition) is 0. The molecule has 1 aromatic rings. The summed E-state index contributed by atoms with van der Waals surface area (Å²) in [5.74, 6) is -2.70. The molecule has 0 N–H and O–H groups in total.